The molecule has 0 saturated carbocycles. The molecule has 7 heteroatoms. The highest BCUT2D eigenvalue weighted by molar-refractivity contribution is 5.66. The van der Waals surface area contributed by atoms with Gasteiger partial charge >= 0.3 is 0 Å². The number of halogens is 1. The fraction of sp³-hybridized carbons (Fsp3) is 0.167. The lowest BCUT2D eigenvalue weighted by Gasteiger charge is -2.16. The first kappa shape index (κ1) is 15.3. The van der Waals surface area contributed by atoms with E-state index in [9.17, 15) is 4.39 Å². The number of anilines is 1. The average Bonchev–Trinajstić information content (AvgIpc) is 3.31. The maximum atomic E-state index is 14.1. The number of aromatic nitrogens is 5. The van der Waals surface area contributed by atoms with E-state index in [0.29, 0.717) is 23.4 Å². The van der Waals surface area contributed by atoms with Gasteiger partial charge < -0.3 is 9.88 Å². The lowest BCUT2D eigenvalue weighted by atomic mass is 10.1. The van der Waals surface area contributed by atoms with Gasteiger partial charge in [-0.2, -0.15) is 9.61 Å². The number of nitrogens with one attached hydrogen (secondary N) is 1. The third kappa shape index (κ3) is 2.96. The van der Waals surface area contributed by atoms with Crippen LogP contribution in [0.3, 0.4) is 0 Å². The van der Waals surface area contributed by atoms with Gasteiger partial charge in [-0.05, 0) is 19.1 Å². The van der Waals surface area contributed by atoms with E-state index < -0.39 is 0 Å². The van der Waals surface area contributed by atoms with Gasteiger partial charge in [0.2, 0.25) is 0 Å². The standard InChI is InChI=1S/C18H17FN6/c1-13(24-9-8-20-12-24)11-21-18-10-16(14-4-2-3-5-15(14)19)23-17-6-7-22-25(17)18/h2-10,12-13,21H,11H2,1H3. The van der Waals surface area contributed by atoms with E-state index >= 15 is 0 Å². The fourth-order valence-electron chi connectivity index (χ4n) is 2.73. The molecule has 0 aliphatic rings. The van der Waals surface area contributed by atoms with Crippen LogP contribution < -0.4 is 5.32 Å². The van der Waals surface area contributed by atoms with E-state index in [1.807, 2.05) is 16.8 Å². The summed E-state index contributed by atoms with van der Waals surface area (Å²) in [4.78, 5) is 8.58. The molecule has 0 bridgehead atoms. The Kier molecular flexibility index (Phi) is 3.89. The molecule has 0 amide bonds. The van der Waals surface area contributed by atoms with Crippen LogP contribution in [0.1, 0.15) is 13.0 Å². The molecule has 4 aromatic rings. The molecule has 3 aromatic heterocycles. The van der Waals surface area contributed by atoms with Crippen molar-refractivity contribution in [3.8, 4) is 11.3 Å². The largest absolute Gasteiger partial charge is 0.368 e. The third-order valence-electron chi connectivity index (χ3n) is 4.12. The first-order valence-corrected chi connectivity index (χ1v) is 8.03. The van der Waals surface area contributed by atoms with E-state index in [2.05, 4.69) is 27.3 Å². The number of fused-ring (bicyclic) bond motifs is 1. The second-order valence-electron chi connectivity index (χ2n) is 5.85. The zero-order chi connectivity index (χ0) is 17.2. The smallest absolute Gasteiger partial charge is 0.157 e. The number of nitrogens with zero attached hydrogens (tertiary/aromatic N) is 5. The number of rotatable bonds is 5. The van der Waals surface area contributed by atoms with Crippen LogP contribution in [0.25, 0.3) is 16.9 Å². The topological polar surface area (TPSA) is 60.0 Å². The molecule has 4 rings (SSSR count). The van der Waals surface area contributed by atoms with Crippen molar-refractivity contribution in [2.75, 3.05) is 11.9 Å². The first-order valence-electron chi connectivity index (χ1n) is 8.03. The van der Waals surface area contributed by atoms with Crippen LogP contribution in [0, 0.1) is 5.82 Å². The van der Waals surface area contributed by atoms with Crippen LogP contribution in [0.15, 0.2) is 61.3 Å². The maximum absolute atomic E-state index is 14.1. The van der Waals surface area contributed by atoms with E-state index in [1.165, 1.54) is 6.07 Å². The van der Waals surface area contributed by atoms with Crippen LogP contribution in [0.4, 0.5) is 10.2 Å². The fourth-order valence-corrected chi connectivity index (χ4v) is 2.73. The molecule has 1 unspecified atom stereocenters. The minimum atomic E-state index is -0.295. The van der Waals surface area contributed by atoms with Gasteiger partial charge in [0, 0.05) is 42.7 Å². The Hall–Kier alpha value is -3.22. The van der Waals surface area contributed by atoms with Crippen molar-refractivity contribution in [3.63, 3.8) is 0 Å². The third-order valence-corrected chi connectivity index (χ3v) is 4.12. The van der Waals surface area contributed by atoms with Gasteiger partial charge in [0.15, 0.2) is 5.65 Å². The second kappa shape index (κ2) is 6.35. The highest BCUT2D eigenvalue weighted by Crippen LogP contribution is 2.24. The second-order valence-corrected chi connectivity index (χ2v) is 5.85. The minimum Gasteiger partial charge on any atom is -0.368 e. The summed E-state index contributed by atoms with van der Waals surface area (Å²) >= 11 is 0. The summed E-state index contributed by atoms with van der Waals surface area (Å²) in [5.41, 5.74) is 1.71. The van der Waals surface area contributed by atoms with Crippen molar-refractivity contribution >= 4 is 11.5 Å². The molecule has 0 radical (unpaired) electrons. The molecule has 0 saturated heterocycles. The molecule has 25 heavy (non-hydrogen) atoms. The molecule has 126 valence electrons. The molecule has 6 nitrogen and oxygen atoms in total. The molecule has 0 aliphatic carbocycles. The summed E-state index contributed by atoms with van der Waals surface area (Å²) in [5, 5.41) is 7.68. The lowest BCUT2D eigenvalue weighted by molar-refractivity contribution is 0.571. The molecule has 0 aliphatic heterocycles. The number of imidazole rings is 1. The predicted molar refractivity (Wildman–Crippen MR) is 93.8 cm³/mol. The quantitative estimate of drug-likeness (QED) is 0.607. The molecular weight excluding hydrogens is 319 g/mol. The normalized spacial score (nSPS) is 12.4. The number of hydrogen-bond acceptors (Lipinski definition) is 4. The molecule has 3 heterocycles. The summed E-state index contributed by atoms with van der Waals surface area (Å²) in [6.07, 6.45) is 7.14. The minimum absolute atomic E-state index is 0.207. The van der Waals surface area contributed by atoms with E-state index in [4.69, 9.17) is 0 Å². The predicted octanol–water partition coefficient (Wildman–Crippen LogP) is 3.41. The first-order chi connectivity index (χ1) is 12.2. The summed E-state index contributed by atoms with van der Waals surface area (Å²) in [5.74, 6) is 0.469. The van der Waals surface area contributed by atoms with Gasteiger partial charge in [-0.25, -0.2) is 14.4 Å². The maximum Gasteiger partial charge on any atom is 0.157 e. The van der Waals surface area contributed by atoms with Crippen LogP contribution in [0.5, 0.6) is 0 Å². The zero-order valence-corrected chi connectivity index (χ0v) is 13.7. The Morgan fingerprint density at radius 2 is 2.08 bits per heavy atom. The highest BCUT2D eigenvalue weighted by atomic mass is 19.1. The van der Waals surface area contributed by atoms with Gasteiger partial charge in [0.25, 0.3) is 0 Å². The molecular formula is C18H17FN6. The zero-order valence-electron chi connectivity index (χ0n) is 13.7. The monoisotopic (exact) mass is 336 g/mol. The van der Waals surface area contributed by atoms with E-state index in [1.54, 1.807) is 47.5 Å². The van der Waals surface area contributed by atoms with Crippen LogP contribution in [-0.2, 0) is 0 Å². The highest BCUT2D eigenvalue weighted by Gasteiger charge is 2.12. The van der Waals surface area contributed by atoms with Crippen molar-refractivity contribution in [2.24, 2.45) is 0 Å². The van der Waals surface area contributed by atoms with Crippen molar-refractivity contribution in [3.05, 3.63) is 67.1 Å². The van der Waals surface area contributed by atoms with Crippen LogP contribution >= 0.6 is 0 Å². The lowest BCUT2D eigenvalue weighted by Crippen LogP contribution is -2.17. The summed E-state index contributed by atoms with van der Waals surface area (Å²) in [7, 11) is 0. The van der Waals surface area contributed by atoms with Crippen LogP contribution in [-0.4, -0.2) is 30.7 Å². The van der Waals surface area contributed by atoms with Gasteiger partial charge in [-0.3, -0.25) is 0 Å². The number of benzene rings is 1. The SMILES string of the molecule is CC(CNc1cc(-c2ccccc2F)nc2ccnn12)n1ccnc1. The van der Waals surface area contributed by atoms with Gasteiger partial charge in [-0.1, -0.05) is 12.1 Å². The van der Waals surface area contributed by atoms with Crippen molar-refractivity contribution in [1.29, 1.82) is 0 Å². The van der Waals surface area contributed by atoms with Crippen LogP contribution in [0.2, 0.25) is 0 Å². The Bertz CT molecular complexity index is 992. The Balaban J connectivity index is 1.68. The molecule has 1 atom stereocenters. The van der Waals surface area contributed by atoms with Gasteiger partial charge in [0.05, 0.1) is 18.2 Å². The van der Waals surface area contributed by atoms with Gasteiger partial charge in [0.1, 0.15) is 11.6 Å². The summed E-state index contributed by atoms with van der Waals surface area (Å²) in [6.45, 7) is 2.76. The van der Waals surface area contributed by atoms with Gasteiger partial charge in [-0.15, -0.1) is 0 Å². The molecule has 0 fully saturated rings. The van der Waals surface area contributed by atoms with E-state index in [-0.39, 0.29) is 11.9 Å². The van der Waals surface area contributed by atoms with E-state index in [0.717, 1.165) is 5.82 Å². The van der Waals surface area contributed by atoms with Crippen molar-refractivity contribution in [1.82, 2.24) is 24.1 Å². The summed E-state index contributed by atoms with van der Waals surface area (Å²) < 4.78 is 17.9. The Labute approximate surface area is 144 Å². The molecule has 1 N–H and O–H groups in total. The summed E-state index contributed by atoms with van der Waals surface area (Å²) in [6, 6.07) is 10.5. The molecule has 0 spiro atoms. The number of hydrogen-bond donors (Lipinski definition) is 1. The van der Waals surface area contributed by atoms with Crippen molar-refractivity contribution in [2.45, 2.75) is 13.0 Å². The average molecular weight is 336 g/mol. The van der Waals surface area contributed by atoms with Crippen molar-refractivity contribution < 1.29 is 4.39 Å². The molecule has 1 aromatic carbocycles. The Morgan fingerprint density at radius 3 is 2.88 bits per heavy atom. The Morgan fingerprint density at radius 1 is 1.20 bits per heavy atom.